The summed E-state index contributed by atoms with van der Waals surface area (Å²) >= 11 is 0. The van der Waals surface area contributed by atoms with Gasteiger partial charge in [-0.2, -0.15) is 0 Å². The zero-order chi connectivity index (χ0) is 21.0. The molecule has 0 saturated heterocycles. The van der Waals surface area contributed by atoms with Gasteiger partial charge in [-0.15, -0.1) is 0 Å². The Labute approximate surface area is 179 Å². The van der Waals surface area contributed by atoms with Gasteiger partial charge in [-0.05, 0) is 68.8 Å². The van der Waals surface area contributed by atoms with E-state index in [1.54, 1.807) is 6.07 Å². The van der Waals surface area contributed by atoms with E-state index in [1.807, 2.05) is 48.5 Å². The van der Waals surface area contributed by atoms with Gasteiger partial charge in [0.05, 0.1) is 6.54 Å². The number of hydrogen-bond donors (Lipinski definition) is 3. The molecule has 3 N–H and O–H groups in total. The number of amides is 2. The molecule has 5 nitrogen and oxygen atoms in total. The highest BCUT2D eigenvalue weighted by Crippen LogP contribution is 2.19. The quantitative estimate of drug-likeness (QED) is 0.397. The van der Waals surface area contributed by atoms with Crippen LogP contribution in [0.4, 0.5) is 11.4 Å². The minimum atomic E-state index is -0.0832. The Hall–Kier alpha value is -2.92. The van der Waals surface area contributed by atoms with Gasteiger partial charge in [-0.1, -0.05) is 48.0 Å². The number of nitrogens with one attached hydrogen (secondary N) is 3. The Bertz CT molecular complexity index is 862. The van der Waals surface area contributed by atoms with E-state index >= 15 is 0 Å². The van der Waals surface area contributed by atoms with Crippen molar-refractivity contribution in [3.63, 3.8) is 0 Å². The minimum Gasteiger partial charge on any atom is -0.326 e. The lowest BCUT2D eigenvalue weighted by Crippen LogP contribution is -2.29. The maximum atomic E-state index is 12.2. The fourth-order valence-electron chi connectivity index (χ4n) is 3.59. The molecule has 0 aromatic heterocycles. The van der Waals surface area contributed by atoms with Crippen molar-refractivity contribution >= 4 is 23.2 Å². The first-order valence-electron chi connectivity index (χ1n) is 10.8. The molecule has 5 heteroatoms. The van der Waals surface area contributed by atoms with Crippen LogP contribution in [0.25, 0.3) is 0 Å². The van der Waals surface area contributed by atoms with E-state index in [0.717, 1.165) is 18.5 Å². The molecule has 0 radical (unpaired) electrons. The largest absolute Gasteiger partial charge is 0.326 e. The van der Waals surface area contributed by atoms with Gasteiger partial charge in [0.1, 0.15) is 0 Å². The van der Waals surface area contributed by atoms with Gasteiger partial charge < -0.3 is 16.0 Å². The summed E-state index contributed by atoms with van der Waals surface area (Å²) in [5.41, 5.74) is 4.01. The van der Waals surface area contributed by atoms with Crippen LogP contribution in [0.15, 0.2) is 66.2 Å². The Morgan fingerprint density at radius 2 is 1.60 bits per heavy atom. The second-order valence-electron chi connectivity index (χ2n) is 7.70. The number of anilines is 2. The Kier molecular flexibility index (Phi) is 8.66. The van der Waals surface area contributed by atoms with Gasteiger partial charge in [-0.3, -0.25) is 9.59 Å². The molecule has 158 valence electrons. The zero-order valence-electron chi connectivity index (χ0n) is 17.5. The van der Waals surface area contributed by atoms with Gasteiger partial charge in [0.2, 0.25) is 11.8 Å². The Balaban J connectivity index is 1.38. The highest BCUT2D eigenvalue weighted by atomic mass is 16.2. The average molecular weight is 406 g/mol. The second-order valence-corrected chi connectivity index (χ2v) is 7.70. The highest BCUT2D eigenvalue weighted by molar-refractivity contribution is 5.94. The smallest absolute Gasteiger partial charge is 0.238 e. The number of carbonyl (C=O) groups excluding carboxylic acids is 2. The molecule has 1 aliphatic rings. The molecule has 0 bridgehead atoms. The second kappa shape index (κ2) is 11.9. The summed E-state index contributed by atoms with van der Waals surface area (Å²) in [6, 6.07) is 17.2. The van der Waals surface area contributed by atoms with E-state index < -0.39 is 0 Å². The standard InChI is InChI=1S/C25H31N3O2/c29-24(15-14-20-8-3-1-4-9-20)27-22-12-7-13-23(18-22)28-25(30)19-26-17-16-21-10-5-2-6-11-21/h1,3-4,7-10,12-13,18,26H,2,5-6,11,14-17,19H2,(H,27,29)(H,28,30). The molecule has 0 fully saturated rings. The van der Waals surface area contributed by atoms with E-state index in [9.17, 15) is 9.59 Å². The van der Waals surface area contributed by atoms with Crippen LogP contribution in [0.5, 0.6) is 0 Å². The summed E-state index contributed by atoms with van der Waals surface area (Å²) in [6.07, 6.45) is 9.43. The van der Waals surface area contributed by atoms with E-state index in [-0.39, 0.29) is 18.4 Å². The number of rotatable bonds is 10. The van der Waals surface area contributed by atoms with E-state index in [0.29, 0.717) is 24.2 Å². The molecule has 0 aliphatic heterocycles. The fraction of sp³-hybridized carbons (Fsp3) is 0.360. The van der Waals surface area contributed by atoms with Gasteiger partial charge in [-0.25, -0.2) is 0 Å². The maximum absolute atomic E-state index is 12.2. The molecule has 1 aliphatic carbocycles. The van der Waals surface area contributed by atoms with Crippen LogP contribution in [0.3, 0.4) is 0 Å². The minimum absolute atomic E-state index is 0.0407. The SMILES string of the molecule is O=C(CCc1ccccc1)Nc1cccc(NC(=O)CNCCC2=CCCCC2)c1. The van der Waals surface area contributed by atoms with Gasteiger partial charge in [0, 0.05) is 17.8 Å². The molecule has 2 amide bonds. The molecule has 2 aromatic rings. The van der Waals surface area contributed by atoms with Gasteiger partial charge in [0.25, 0.3) is 0 Å². The van der Waals surface area contributed by atoms with E-state index in [1.165, 1.54) is 31.3 Å². The molecule has 0 saturated carbocycles. The van der Waals surface area contributed by atoms with Crippen molar-refractivity contribution in [2.45, 2.75) is 44.9 Å². The molecule has 30 heavy (non-hydrogen) atoms. The predicted molar refractivity (Wildman–Crippen MR) is 123 cm³/mol. The highest BCUT2D eigenvalue weighted by Gasteiger charge is 2.07. The van der Waals surface area contributed by atoms with Crippen molar-refractivity contribution in [2.24, 2.45) is 0 Å². The lowest BCUT2D eigenvalue weighted by atomic mass is 9.97. The van der Waals surface area contributed by atoms with Gasteiger partial charge >= 0.3 is 0 Å². The summed E-state index contributed by atoms with van der Waals surface area (Å²) in [4.78, 5) is 24.4. The van der Waals surface area contributed by atoms with Crippen LogP contribution >= 0.6 is 0 Å². The number of carbonyl (C=O) groups is 2. The first-order valence-corrected chi connectivity index (χ1v) is 10.8. The van der Waals surface area contributed by atoms with Crippen LogP contribution in [0.2, 0.25) is 0 Å². The fourth-order valence-corrected chi connectivity index (χ4v) is 3.59. The van der Waals surface area contributed by atoms with E-state index in [2.05, 4.69) is 22.0 Å². The molecule has 0 heterocycles. The molecule has 0 atom stereocenters. The third-order valence-electron chi connectivity index (χ3n) is 5.21. The predicted octanol–water partition coefficient (Wildman–Crippen LogP) is 4.68. The van der Waals surface area contributed by atoms with E-state index in [4.69, 9.17) is 0 Å². The zero-order valence-corrected chi connectivity index (χ0v) is 17.5. The normalized spacial score (nSPS) is 13.4. The average Bonchev–Trinajstić information content (AvgIpc) is 2.77. The van der Waals surface area contributed by atoms with Crippen LogP contribution in [-0.4, -0.2) is 24.9 Å². The Morgan fingerprint density at radius 3 is 2.33 bits per heavy atom. The summed E-state index contributed by atoms with van der Waals surface area (Å²) in [7, 11) is 0. The Morgan fingerprint density at radius 1 is 0.833 bits per heavy atom. The van der Waals surface area contributed by atoms with Crippen LogP contribution in [-0.2, 0) is 16.0 Å². The van der Waals surface area contributed by atoms with Crippen molar-refractivity contribution < 1.29 is 9.59 Å². The first kappa shape index (κ1) is 21.8. The molecule has 0 unspecified atom stereocenters. The van der Waals surface area contributed by atoms with Crippen molar-refractivity contribution in [3.05, 3.63) is 71.8 Å². The molecule has 0 spiro atoms. The van der Waals surface area contributed by atoms with Crippen LogP contribution in [0.1, 0.15) is 44.1 Å². The lowest BCUT2D eigenvalue weighted by Gasteiger charge is -2.13. The van der Waals surface area contributed by atoms with Crippen molar-refractivity contribution in [3.8, 4) is 0 Å². The van der Waals surface area contributed by atoms with Crippen LogP contribution in [0, 0.1) is 0 Å². The topological polar surface area (TPSA) is 70.2 Å². The van der Waals surface area contributed by atoms with Crippen LogP contribution < -0.4 is 16.0 Å². The van der Waals surface area contributed by atoms with Crippen molar-refractivity contribution in [1.82, 2.24) is 5.32 Å². The first-order chi connectivity index (χ1) is 14.7. The number of benzene rings is 2. The summed E-state index contributed by atoms with van der Waals surface area (Å²) in [5.74, 6) is -0.124. The van der Waals surface area contributed by atoms with Crippen molar-refractivity contribution in [1.29, 1.82) is 0 Å². The molecule has 2 aromatic carbocycles. The van der Waals surface area contributed by atoms with Gasteiger partial charge in [0.15, 0.2) is 0 Å². The number of hydrogen-bond acceptors (Lipinski definition) is 3. The molecular formula is C25H31N3O2. The summed E-state index contributed by atoms with van der Waals surface area (Å²) in [5, 5.41) is 9.00. The summed E-state index contributed by atoms with van der Waals surface area (Å²) in [6.45, 7) is 1.09. The number of allylic oxidation sites excluding steroid dienone is 1. The molecular weight excluding hydrogens is 374 g/mol. The summed E-state index contributed by atoms with van der Waals surface area (Å²) < 4.78 is 0. The maximum Gasteiger partial charge on any atom is 0.238 e. The monoisotopic (exact) mass is 405 g/mol. The van der Waals surface area contributed by atoms with Crippen molar-refractivity contribution in [2.75, 3.05) is 23.7 Å². The third-order valence-corrected chi connectivity index (χ3v) is 5.21. The molecule has 3 rings (SSSR count). The third kappa shape index (κ3) is 7.84. The number of aryl methyl sites for hydroxylation is 1. The lowest BCUT2D eigenvalue weighted by molar-refractivity contribution is -0.116.